The second kappa shape index (κ2) is 6.59. The summed E-state index contributed by atoms with van der Waals surface area (Å²) in [5, 5.41) is 39.8. The lowest BCUT2D eigenvalue weighted by atomic mass is 10.0. The van der Waals surface area contributed by atoms with Crippen molar-refractivity contribution in [3.8, 4) is 0 Å². The molecule has 0 bridgehead atoms. The molecule has 9 nitrogen and oxygen atoms in total. The van der Waals surface area contributed by atoms with Gasteiger partial charge in [-0.15, -0.1) is 0 Å². The number of amides is 1. The van der Waals surface area contributed by atoms with E-state index in [0.717, 1.165) is 12.1 Å². The van der Waals surface area contributed by atoms with E-state index in [-0.39, 0.29) is 11.3 Å². The van der Waals surface area contributed by atoms with Crippen molar-refractivity contribution in [3.63, 3.8) is 0 Å². The minimum Gasteiger partial charge on any atom is -0.474 e. The third-order valence-corrected chi connectivity index (χ3v) is 2.53. The van der Waals surface area contributed by atoms with Crippen LogP contribution < -0.4 is 5.32 Å². The van der Waals surface area contributed by atoms with E-state index in [9.17, 15) is 24.8 Å². The first-order valence-corrected chi connectivity index (χ1v) is 5.44. The summed E-state index contributed by atoms with van der Waals surface area (Å²) in [6.45, 7) is -0.697. The second-order valence-corrected chi connectivity index (χ2v) is 3.86. The predicted octanol–water partition coefficient (Wildman–Crippen LogP) is -0.810. The van der Waals surface area contributed by atoms with Gasteiger partial charge in [0.25, 0.3) is 5.69 Å². The number of carbonyl (C=O) groups is 2. The molecule has 1 rings (SSSR count). The van der Waals surface area contributed by atoms with E-state index in [1.807, 2.05) is 5.32 Å². The maximum atomic E-state index is 11.0. The highest BCUT2D eigenvalue weighted by Crippen LogP contribution is 2.20. The number of non-ortho nitro benzene ring substituents is 1. The van der Waals surface area contributed by atoms with Crippen LogP contribution in [0.25, 0.3) is 0 Å². The highest BCUT2D eigenvalue weighted by atomic mass is 16.6. The van der Waals surface area contributed by atoms with E-state index >= 15 is 0 Å². The number of carbonyl (C=O) groups excluding carboxylic acids is 1. The summed E-state index contributed by atoms with van der Waals surface area (Å²) in [5.41, 5.74) is 0.0106. The fourth-order valence-electron chi connectivity index (χ4n) is 1.48. The highest BCUT2D eigenvalue weighted by Gasteiger charge is 2.25. The quantitative estimate of drug-likeness (QED) is 0.313. The minimum absolute atomic E-state index is 0.184. The van der Waals surface area contributed by atoms with Gasteiger partial charge in [-0.25, -0.2) is 4.79 Å². The highest BCUT2D eigenvalue weighted by molar-refractivity contribution is 6.31. The molecule has 0 aliphatic rings. The van der Waals surface area contributed by atoms with Crippen LogP contribution >= 0.6 is 0 Å². The van der Waals surface area contributed by atoms with Gasteiger partial charge >= 0.3 is 11.9 Å². The molecule has 2 atom stereocenters. The molecule has 1 aromatic rings. The first-order valence-electron chi connectivity index (χ1n) is 5.44. The van der Waals surface area contributed by atoms with Gasteiger partial charge < -0.3 is 20.6 Å². The van der Waals surface area contributed by atoms with E-state index in [4.69, 9.17) is 10.2 Å². The molecule has 0 unspecified atom stereocenters. The van der Waals surface area contributed by atoms with Crippen LogP contribution in [0.15, 0.2) is 24.3 Å². The number of nitro benzene ring substituents is 1. The van der Waals surface area contributed by atoms with Crippen LogP contribution in [-0.2, 0) is 9.59 Å². The standard InChI is InChI=1S/C11H12N2O7/c14-5-8(12-10(16)11(17)18)9(15)6-1-3-7(4-2-6)13(19)20/h1-4,8-9,14-15H,5H2,(H,12,16)(H,17,18)/t8-,9-/m1/s1. The Morgan fingerprint density at radius 2 is 1.85 bits per heavy atom. The van der Waals surface area contributed by atoms with Crippen LogP contribution in [0.4, 0.5) is 5.69 Å². The largest absolute Gasteiger partial charge is 0.474 e. The van der Waals surface area contributed by atoms with Gasteiger partial charge in [0.1, 0.15) is 6.10 Å². The van der Waals surface area contributed by atoms with E-state index in [1.165, 1.54) is 12.1 Å². The maximum absolute atomic E-state index is 11.0. The molecular weight excluding hydrogens is 272 g/mol. The van der Waals surface area contributed by atoms with E-state index in [1.54, 1.807) is 0 Å². The van der Waals surface area contributed by atoms with Crippen LogP contribution in [0.1, 0.15) is 11.7 Å². The number of aliphatic hydroxyl groups is 2. The van der Waals surface area contributed by atoms with Gasteiger partial charge in [0.2, 0.25) is 0 Å². The van der Waals surface area contributed by atoms with Crippen molar-refractivity contribution in [1.82, 2.24) is 5.32 Å². The molecule has 1 aromatic carbocycles. The second-order valence-electron chi connectivity index (χ2n) is 3.86. The van der Waals surface area contributed by atoms with E-state index in [2.05, 4.69) is 0 Å². The van der Waals surface area contributed by atoms with Gasteiger partial charge in [-0.05, 0) is 17.7 Å². The molecule has 108 valence electrons. The number of carboxylic acids is 1. The van der Waals surface area contributed by atoms with Crippen molar-refractivity contribution < 1.29 is 29.8 Å². The van der Waals surface area contributed by atoms with Crippen molar-refractivity contribution in [1.29, 1.82) is 0 Å². The smallest absolute Gasteiger partial charge is 0.394 e. The minimum atomic E-state index is -1.75. The first kappa shape index (κ1) is 15.5. The summed E-state index contributed by atoms with van der Waals surface area (Å²) in [4.78, 5) is 31.2. The van der Waals surface area contributed by atoms with E-state index < -0.39 is 35.6 Å². The fraction of sp³-hybridized carbons (Fsp3) is 0.273. The normalized spacial score (nSPS) is 13.3. The maximum Gasteiger partial charge on any atom is 0.394 e. The molecule has 0 radical (unpaired) electrons. The Morgan fingerprint density at radius 3 is 2.25 bits per heavy atom. The van der Waals surface area contributed by atoms with Gasteiger partial charge in [-0.1, -0.05) is 0 Å². The topological polar surface area (TPSA) is 150 Å². The lowest BCUT2D eigenvalue weighted by molar-refractivity contribution is -0.384. The zero-order valence-corrected chi connectivity index (χ0v) is 10.1. The molecule has 0 heterocycles. The molecule has 1 amide bonds. The van der Waals surface area contributed by atoms with Crippen LogP contribution in [0, 0.1) is 10.1 Å². The number of aliphatic carboxylic acids is 1. The molecule has 9 heteroatoms. The summed E-state index contributed by atoms with van der Waals surface area (Å²) in [7, 11) is 0. The Morgan fingerprint density at radius 1 is 1.30 bits per heavy atom. The summed E-state index contributed by atoms with van der Waals surface area (Å²) >= 11 is 0. The molecule has 0 saturated heterocycles. The molecule has 0 aromatic heterocycles. The fourth-order valence-corrected chi connectivity index (χ4v) is 1.48. The van der Waals surface area contributed by atoms with Crippen molar-refractivity contribution in [2.45, 2.75) is 12.1 Å². The van der Waals surface area contributed by atoms with E-state index in [0.29, 0.717) is 0 Å². The Hall–Kier alpha value is -2.52. The number of nitro groups is 1. The average Bonchev–Trinajstić information content (AvgIpc) is 2.43. The van der Waals surface area contributed by atoms with Crippen molar-refractivity contribution in [3.05, 3.63) is 39.9 Å². The Bertz CT molecular complexity index is 514. The molecule has 0 saturated carbocycles. The van der Waals surface area contributed by atoms with Crippen LogP contribution in [0.5, 0.6) is 0 Å². The molecular formula is C11H12N2O7. The lowest BCUT2D eigenvalue weighted by Gasteiger charge is -2.21. The van der Waals surface area contributed by atoms with Crippen molar-refractivity contribution >= 4 is 17.6 Å². The number of benzene rings is 1. The summed E-state index contributed by atoms with van der Waals surface area (Å²) in [6.07, 6.45) is -1.40. The van der Waals surface area contributed by atoms with Gasteiger partial charge in [-0.3, -0.25) is 14.9 Å². The number of hydrogen-bond donors (Lipinski definition) is 4. The number of carboxylic acid groups (broad SMARTS) is 1. The average molecular weight is 284 g/mol. The number of hydrogen-bond acceptors (Lipinski definition) is 6. The molecule has 0 fully saturated rings. The van der Waals surface area contributed by atoms with Crippen molar-refractivity contribution in [2.75, 3.05) is 6.61 Å². The zero-order chi connectivity index (χ0) is 15.3. The SMILES string of the molecule is O=C(O)C(=O)N[C@H](CO)[C@H](O)c1ccc([N+](=O)[O-])cc1. The molecule has 20 heavy (non-hydrogen) atoms. The number of aliphatic hydroxyl groups excluding tert-OH is 2. The summed E-state index contributed by atoms with van der Waals surface area (Å²) in [5.74, 6) is -3.12. The number of nitrogens with one attached hydrogen (secondary N) is 1. The van der Waals surface area contributed by atoms with Gasteiger partial charge in [0.05, 0.1) is 17.6 Å². The Kier molecular flexibility index (Phi) is 5.12. The van der Waals surface area contributed by atoms with Gasteiger partial charge in [-0.2, -0.15) is 0 Å². The monoisotopic (exact) mass is 284 g/mol. The molecule has 0 aliphatic carbocycles. The van der Waals surface area contributed by atoms with Crippen LogP contribution in [0.3, 0.4) is 0 Å². The third kappa shape index (κ3) is 3.73. The lowest BCUT2D eigenvalue weighted by Crippen LogP contribution is -2.44. The van der Waals surface area contributed by atoms with Crippen molar-refractivity contribution in [2.24, 2.45) is 0 Å². The number of rotatable bonds is 5. The third-order valence-electron chi connectivity index (χ3n) is 2.53. The predicted molar refractivity (Wildman–Crippen MR) is 64.7 cm³/mol. The molecule has 0 spiro atoms. The van der Waals surface area contributed by atoms with Crippen LogP contribution in [0.2, 0.25) is 0 Å². The molecule has 0 aliphatic heterocycles. The Balaban J connectivity index is 2.85. The zero-order valence-electron chi connectivity index (χ0n) is 10.1. The Labute approximate surface area is 112 Å². The number of nitrogens with zero attached hydrogens (tertiary/aromatic N) is 1. The van der Waals surface area contributed by atoms with Crippen LogP contribution in [-0.4, -0.2) is 44.8 Å². The van der Waals surface area contributed by atoms with Gasteiger partial charge in [0, 0.05) is 12.1 Å². The summed E-state index contributed by atoms with van der Waals surface area (Å²) in [6, 6.07) is 3.55. The summed E-state index contributed by atoms with van der Waals surface area (Å²) < 4.78 is 0. The molecule has 4 N–H and O–H groups in total. The first-order chi connectivity index (χ1) is 9.36. The van der Waals surface area contributed by atoms with Gasteiger partial charge in [0.15, 0.2) is 0 Å².